The Morgan fingerprint density at radius 1 is 1.15 bits per heavy atom. The number of nitrogens with zero attached hydrogens (tertiary/aromatic N) is 1. The van der Waals surface area contributed by atoms with Crippen LogP contribution in [0.1, 0.15) is 18.2 Å². The minimum absolute atomic E-state index is 0.125. The summed E-state index contributed by atoms with van der Waals surface area (Å²) in [6.45, 7) is 3.33. The topological polar surface area (TPSA) is 71.1 Å². The maximum Gasteiger partial charge on any atom is 0.230 e. The largest absolute Gasteiger partial charge is 0.326 e. The second kappa shape index (κ2) is 8.33. The fraction of sp³-hybridized carbons (Fsp3) is 0.150. The number of nitrogens with one attached hydrogen (secondary N) is 2. The molecule has 0 bridgehead atoms. The third-order valence-corrected chi connectivity index (χ3v) is 5.21. The van der Waals surface area contributed by atoms with Crippen LogP contribution in [0.3, 0.4) is 0 Å². The van der Waals surface area contributed by atoms with Crippen LogP contribution in [0.2, 0.25) is 5.02 Å². The molecular formula is C20H18ClN3O2S. The average Bonchev–Trinajstić information content (AvgIpc) is 3.07. The molecule has 0 radical (unpaired) electrons. The lowest BCUT2D eigenvalue weighted by molar-refractivity contribution is -0.116. The zero-order valence-electron chi connectivity index (χ0n) is 14.9. The molecule has 0 aliphatic heterocycles. The monoisotopic (exact) mass is 399 g/mol. The molecule has 3 rings (SSSR count). The van der Waals surface area contributed by atoms with Crippen LogP contribution in [0.5, 0.6) is 0 Å². The van der Waals surface area contributed by atoms with E-state index in [1.165, 1.54) is 18.3 Å². The van der Waals surface area contributed by atoms with E-state index in [4.69, 9.17) is 11.6 Å². The predicted molar refractivity (Wildman–Crippen MR) is 110 cm³/mol. The lowest BCUT2D eigenvalue weighted by Gasteiger charge is -2.08. The zero-order chi connectivity index (χ0) is 19.4. The summed E-state index contributed by atoms with van der Waals surface area (Å²) in [5.74, 6) is -0.274. The minimum Gasteiger partial charge on any atom is -0.326 e. The van der Waals surface area contributed by atoms with Crippen molar-refractivity contribution in [3.05, 3.63) is 64.1 Å². The Kier molecular flexibility index (Phi) is 5.88. The van der Waals surface area contributed by atoms with Gasteiger partial charge in [0.25, 0.3) is 0 Å². The van der Waals surface area contributed by atoms with Gasteiger partial charge in [0.2, 0.25) is 11.8 Å². The van der Waals surface area contributed by atoms with E-state index in [0.29, 0.717) is 22.1 Å². The molecule has 5 nitrogen and oxygen atoms in total. The van der Waals surface area contributed by atoms with Gasteiger partial charge < -0.3 is 10.6 Å². The number of amides is 2. The number of aromatic nitrogens is 1. The van der Waals surface area contributed by atoms with Crippen LogP contribution < -0.4 is 10.6 Å². The quantitative estimate of drug-likeness (QED) is 0.640. The van der Waals surface area contributed by atoms with E-state index in [2.05, 4.69) is 15.6 Å². The van der Waals surface area contributed by atoms with Gasteiger partial charge in [-0.05, 0) is 36.8 Å². The molecule has 27 heavy (non-hydrogen) atoms. The summed E-state index contributed by atoms with van der Waals surface area (Å²) < 4.78 is 0. The maximum atomic E-state index is 12.3. The van der Waals surface area contributed by atoms with Gasteiger partial charge in [-0.15, -0.1) is 11.3 Å². The first kappa shape index (κ1) is 19.1. The van der Waals surface area contributed by atoms with Crippen molar-refractivity contribution in [2.45, 2.75) is 20.3 Å². The van der Waals surface area contributed by atoms with E-state index in [1.54, 1.807) is 12.1 Å². The Morgan fingerprint density at radius 3 is 2.70 bits per heavy atom. The van der Waals surface area contributed by atoms with Crippen LogP contribution in [0.15, 0.2) is 47.8 Å². The molecule has 0 aliphatic rings. The van der Waals surface area contributed by atoms with Crippen molar-refractivity contribution in [3.63, 3.8) is 0 Å². The fourth-order valence-electron chi connectivity index (χ4n) is 2.56. The minimum atomic E-state index is -0.149. The highest BCUT2D eigenvalue weighted by Crippen LogP contribution is 2.27. The third kappa shape index (κ3) is 4.93. The van der Waals surface area contributed by atoms with Crippen LogP contribution >= 0.6 is 22.9 Å². The smallest absolute Gasteiger partial charge is 0.230 e. The van der Waals surface area contributed by atoms with Crippen molar-refractivity contribution in [1.82, 2.24) is 4.98 Å². The summed E-state index contributed by atoms with van der Waals surface area (Å²) in [5, 5.41) is 8.90. The molecule has 1 aromatic heterocycles. The summed E-state index contributed by atoms with van der Waals surface area (Å²) in [5.41, 5.74) is 3.83. The van der Waals surface area contributed by atoms with Crippen molar-refractivity contribution in [3.8, 4) is 10.6 Å². The van der Waals surface area contributed by atoms with E-state index >= 15 is 0 Å². The lowest BCUT2D eigenvalue weighted by Crippen LogP contribution is -2.15. The van der Waals surface area contributed by atoms with Gasteiger partial charge in [0.1, 0.15) is 5.01 Å². The Bertz CT molecular complexity index is 1000. The summed E-state index contributed by atoms with van der Waals surface area (Å²) in [6.07, 6.45) is 0.174. The highest BCUT2D eigenvalue weighted by atomic mass is 35.5. The molecule has 0 aliphatic carbocycles. The van der Waals surface area contributed by atoms with Crippen LogP contribution in [0.4, 0.5) is 11.4 Å². The van der Waals surface area contributed by atoms with Crippen molar-refractivity contribution in [2.24, 2.45) is 0 Å². The number of halogens is 1. The van der Waals surface area contributed by atoms with E-state index in [9.17, 15) is 9.59 Å². The first-order chi connectivity index (χ1) is 12.9. The zero-order valence-corrected chi connectivity index (χ0v) is 16.4. The molecule has 0 saturated carbocycles. The SMILES string of the molecule is CC(=O)Nc1cccc(-c2nc(CC(=O)Nc3cccc(Cl)c3C)cs2)c1. The Balaban J connectivity index is 1.70. The maximum absolute atomic E-state index is 12.3. The molecule has 2 aromatic carbocycles. The van der Waals surface area contributed by atoms with Gasteiger partial charge in [-0.25, -0.2) is 4.98 Å². The normalized spacial score (nSPS) is 10.5. The molecule has 2 N–H and O–H groups in total. The van der Waals surface area contributed by atoms with Crippen molar-refractivity contribution < 1.29 is 9.59 Å². The van der Waals surface area contributed by atoms with Gasteiger partial charge in [-0.2, -0.15) is 0 Å². The Labute approximate surface area is 166 Å². The summed E-state index contributed by atoms with van der Waals surface area (Å²) in [7, 11) is 0. The highest BCUT2D eigenvalue weighted by Gasteiger charge is 2.11. The molecular weight excluding hydrogens is 382 g/mol. The van der Waals surface area contributed by atoms with Crippen molar-refractivity contribution in [2.75, 3.05) is 10.6 Å². The number of hydrogen-bond donors (Lipinski definition) is 2. The van der Waals surface area contributed by atoms with Crippen LogP contribution in [0, 0.1) is 6.92 Å². The second-order valence-electron chi connectivity index (χ2n) is 6.04. The molecule has 1 heterocycles. The lowest BCUT2D eigenvalue weighted by atomic mass is 10.2. The molecule has 2 amide bonds. The molecule has 3 aromatic rings. The van der Waals surface area contributed by atoms with Gasteiger partial charge in [0.15, 0.2) is 0 Å². The number of rotatable bonds is 5. The van der Waals surface area contributed by atoms with E-state index in [-0.39, 0.29) is 18.2 Å². The summed E-state index contributed by atoms with van der Waals surface area (Å²) >= 11 is 7.54. The molecule has 0 unspecified atom stereocenters. The predicted octanol–water partition coefficient (Wildman–Crippen LogP) is 4.91. The molecule has 0 saturated heterocycles. The first-order valence-corrected chi connectivity index (χ1v) is 9.55. The van der Waals surface area contributed by atoms with Crippen LogP contribution in [-0.2, 0) is 16.0 Å². The van der Waals surface area contributed by atoms with E-state index < -0.39 is 0 Å². The summed E-state index contributed by atoms with van der Waals surface area (Å²) in [4.78, 5) is 28.1. The van der Waals surface area contributed by atoms with Gasteiger partial charge in [-0.1, -0.05) is 29.8 Å². The standard InChI is InChI=1S/C20H18ClN3O2S/c1-12-17(21)7-4-8-18(12)24-19(26)10-16-11-27-20(23-16)14-5-3-6-15(9-14)22-13(2)25/h3-9,11H,10H2,1-2H3,(H,22,25)(H,24,26). The number of anilines is 2. The number of carbonyl (C=O) groups excluding carboxylic acids is 2. The molecule has 138 valence electrons. The molecule has 0 fully saturated rings. The molecule has 0 spiro atoms. The highest BCUT2D eigenvalue weighted by molar-refractivity contribution is 7.13. The number of thiazole rings is 1. The Hall–Kier alpha value is -2.70. The van der Waals surface area contributed by atoms with Crippen molar-refractivity contribution in [1.29, 1.82) is 0 Å². The number of hydrogen-bond acceptors (Lipinski definition) is 4. The van der Waals surface area contributed by atoms with Crippen LogP contribution in [-0.4, -0.2) is 16.8 Å². The van der Waals surface area contributed by atoms with Gasteiger partial charge in [-0.3, -0.25) is 9.59 Å². The van der Waals surface area contributed by atoms with E-state index in [0.717, 1.165) is 16.1 Å². The van der Waals surface area contributed by atoms with Gasteiger partial charge in [0, 0.05) is 34.3 Å². The summed E-state index contributed by atoms with van der Waals surface area (Å²) in [6, 6.07) is 12.9. The van der Waals surface area contributed by atoms with E-state index in [1.807, 2.05) is 42.6 Å². The Morgan fingerprint density at radius 2 is 1.93 bits per heavy atom. The number of benzene rings is 2. The second-order valence-corrected chi connectivity index (χ2v) is 7.31. The first-order valence-electron chi connectivity index (χ1n) is 8.30. The fourth-order valence-corrected chi connectivity index (χ4v) is 3.55. The number of carbonyl (C=O) groups is 2. The van der Waals surface area contributed by atoms with Gasteiger partial charge in [0.05, 0.1) is 12.1 Å². The van der Waals surface area contributed by atoms with Crippen molar-refractivity contribution >= 4 is 46.1 Å². The molecule has 7 heteroatoms. The molecule has 0 atom stereocenters. The third-order valence-electron chi connectivity index (χ3n) is 3.87. The van der Waals surface area contributed by atoms with Crippen LogP contribution in [0.25, 0.3) is 10.6 Å². The average molecular weight is 400 g/mol. The van der Waals surface area contributed by atoms with Gasteiger partial charge >= 0.3 is 0 Å².